The molecule has 28 heavy (non-hydrogen) atoms. The highest BCUT2D eigenvalue weighted by atomic mass is 19.1. The van der Waals surface area contributed by atoms with Gasteiger partial charge in [0.25, 0.3) is 0 Å². The Morgan fingerprint density at radius 1 is 1.32 bits per heavy atom. The van der Waals surface area contributed by atoms with Crippen molar-refractivity contribution in [1.82, 2.24) is 14.8 Å². The van der Waals surface area contributed by atoms with Crippen molar-refractivity contribution in [2.24, 2.45) is 13.0 Å². The molecule has 0 saturated carbocycles. The number of carbonyl (C=O) groups is 1. The van der Waals surface area contributed by atoms with E-state index < -0.39 is 0 Å². The molecule has 4 rings (SSSR count). The second-order valence-electron chi connectivity index (χ2n) is 6.88. The molecule has 142 valence electrons. The van der Waals surface area contributed by atoms with Crippen molar-refractivity contribution in [3.63, 3.8) is 0 Å². The maximum absolute atomic E-state index is 13.8. The van der Waals surface area contributed by atoms with Gasteiger partial charge in [-0.25, -0.2) is 4.39 Å². The molecule has 3 heterocycles. The lowest BCUT2D eigenvalue weighted by molar-refractivity contribution is -0.120. The molecule has 1 aliphatic heterocycles. The lowest BCUT2D eigenvalue weighted by Gasteiger charge is -2.34. The van der Waals surface area contributed by atoms with E-state index in [4.69, 9.17) is 0 Å². The van der Waals surface area contributed by atoms with Gasteiger partial charge in [0.15, 0.2) is 0 Å². The zero-order chi connectivity index (χ0) is 19.7. The number of pyridine rings is 1. The number of piperidine rings is 1. The Balaban J connectivity index is 1.54. The van der Waals surface area contributed by atoms with Gasteiger partial charge in [0.2, 0.25) is 5.91 Å². The SMILES string of the molecule is Cn1nccc1NC(=O)C1CCN(c2c(C#N)cnc3ccc(F)cc23)CC1. The van der Waals surface area contributed by atoms with Crippen LogP contribution in [0.4, 0.5) is 15.9 Å². The number of halogens is 1. The van der Waals surface area contributed by atoms with Gasteiger partial charge in [-0.05, 0) is 31.0 Å². The molecule has 0 atom stereocenters. The van der Waals surface area contributed by atoms with Crippen LogP contribution in [-0.2, 0) is 11.8 Å². The van der Waals surface area contributed by atoms with Gasteiger partial charge in [0, 0.05) is 43.7 Å². The molecule has 7 nitrogen and oxygen atoms in total. The highest BCUT2D eigenvalue weighted by molar-refractivity contribution is 5.95. The number of aromatic nitrogens is 3. The predicted octanol–water partition coefficient (Wildman–Crippen LogP) is 2.83. The van der Waals surface area contributed by atoms with Gasteiger partial charge in [-0.2, -0.15) is 10.4 Å². The molecule has 0 spiro atoms. The van der Waals surface area contributed by atoms with E-state index in [0.29, 0.717) is 53.9 Å². The summed E-state index contributed by atoms with van der Waals surface area (Å²) >= 11 is 0. The van der Waals surface area contributed by atoms with E-state index >= 15 is 0 Å². The highest BCUT2D eigenvalue weighted by Gasteiger charge is 2.27. The number of nitrogens with zero attached hydrogens (tertiary/aromatic N) is 5. The zero-order valence-corrected chi connectivity index (χ0v) is 15.4. The first kappa shape index (κ1) is 17.9. The first-order valence-electron chi connectivity index (χ1n) is 9.09. The lowest BCUT2D eigenvalue weighted by Crippen LogP contribution is -2.38. The minimum Gasteiger partial charge on any atom is -0.370 e. The molecule has 2 aromatic heterocycles. The van der Waals surface area contributed by atoms with Crippen LogP contribution in [0.3, 0.4) is 0 Å². The Bertz CT molecular complexity index is 1080. The summed E-state index contributed by atoms with van der Waals surface area (Å²) in [4.78, 5) is 18.9. The quantitative estimate of drug-likeness (QED) is 0.757. The second kappa shape index (κ2) is 7.27. The van der Waals surface area contributed by atoms with Crippen LogP contribution in [0.1, 0.15) is 18.4 Å². The maximum Gasteiger partial charge on any atom is 0.228 e. The van der Waals surface area contributed by atoms with Gasteiger partial charge >= 0.3 is 0 Å². The predicted molar refractivity (Wildman–Crippen MR) is 103 cm³/mol. The van der Waals surface area contributed by atoms with Crippen LogP contribution in [0.2, 0.25) is 0 Å². The number of hydrogen-bond donors (Lipinski definition) is 1. The van der Waals surface area contributed by atoms with E-state index in [0.717, 1.165) is 0 Å². The van der Waals surface area contributed by atoms with E-state index in [1.807, 2.05) is 0 Å². The van der Waals surface area contributed by atoms with Gasteiger partial charge in [-0.15, -0.1) is 0 Å². The number of fused-ring (bicyclic) bond motifs is 1. The van der Waals surface area contributed by atoms with Crippen molar-refractivity contribution < 1.29 is 9.18 Å². The molecular weight excluding hydrogens is 359 g/mol. The summed E-state index contributed by atoms with van der Waals surface area (Å²) in [7, 11) is 1.77. The summed E-state index contributed by atoms with van der Waals surface area (Å²) in [5.41, 5.74) is 1.75. The third kappa shape index (κ3) is 3.27. The van der Waals surface area contributed by atoms with E-state index in [1.54, 1.807) is 30.1 Å². The summed E-state index contributed by atoms with van der Waals surface area (Å²) in [6.07, 6.45) is 4.45. The minimum absolute atomic E-state index is 0.0330. The van der Waals surface area contributed by atoms with Crippen LogP contribution in [0.15, 0.2) is 36.7 Å². The topological polar surface area (TPSA) is 86.8 Å². The summed E-state index contributed by atoms with van der Waals surface area (Å²) < 4.78 is 15.4. The second-order valence-corrected chi connectivity index (χ2v) is 6.88. The molecule has 1 fully saturated rings. The average Bonchev–Trinajstić information content (AvgIpc) is 3.11. The fourth-order valence-corrected chi connectivity index (χ4v) is 3.66. The molecule has 0 unspecified atom stereocenters. The summed E-state index contributed by atoms with van der Waals surface area (Å²) in [6.45, 7) is 1.21. The van der Waals surface area contributed by atoms with E-state index in [-0.39, 0.29) is 17.6 Å². The molecule has 1 aromatic carbocycles. The Labute approximate surface area is 161 Å². The molecule has 1 amide bonds. The fourth-order valence-electron chi connectivity index (χ4n) is 3.66. The third-order valence-electron chi connectivity index (χ3n) is 5.18. The number of rotatable bonds is 3. The van der Waals surface area contributed by atoms with Gasteiger partial charge in [0.1, 0.15) is 17.7 Å². The Hall–Kier alpha value is -3.47. The first-order chi connectivity index (χ1) is 13.6. The summed E-state index contributed by atoms with van der Waals surface area (Å²) in [5, 5.41) is 17.1. The standard InChI is InChI=1S/C20H19FN6O/c1-26-18(4-7-24-26)25-20(28)13-5-8-27(9-6-13)19-14(11-22)12-23-17-3-2-15(21)10-16(17)19/h2-4,7,10,12-13H,5-6,8-9H2,1H3,(H,25,28). The largest absolute Gasteiger partial charge is 0.370 e. The highest BCUT2D eigenvalue weighted by Crippen LogP contribution is 2.33. The van der Waals surface area contributed by atoms with Gasteiger partial charge in [-0.3, -0.25) is 14.5 Å². The van der Waals surface area contributed by atoms with Crippen molar-refractivity contribution in [1.29, 1.82) is 5.26 Å². The van der Waals surface area contributed by atoms with Gasteiger partial charge < -0.3 is 10.2 Å². The Morgan fingerprint density at radius 2 is 2.11 bits per heavy atom. The maximum atomic E-state index is 13.8. The molecule has 1 saturated heterocycles. The molecular formula is C20H19FN6O. The summed E-state index contributed by atoms with van der Waals surface area (Å²) in [5.74, 6) is 0.141. The number of nitrogens with one attached hydrogen (secondary N) is 1. The van der Waals surface area contributed by atoms with Gasteiger partial charge in [-0.1, -0.05) is 0 Å². The number of anilines is 2. The van der Waals surface area contributed by atoms with Crippen LogP contribution in [-0.4, -0.2) is 33.8 Å². The van der Waals surface area contributed by atoms with E-state index in [1.165, 1.54) is 18.3 Å². The minimum atomic E-state index is -0.365. The van der Waals surface area contributed by atoms with Crippen molar-refractivity contribution >= 4 is 28.3 Å². The smallest absolute Gasteiger partial charge is 0.228 e. The Morgan fingerprint density at radius 3 is 2.79 bits per heavy atom. The van der Waals surface area contributed by atoms with Crippen molar-refractivity contribution in [3.8, 4) is 6.07 Å². The molecule has 3 aromatic rings. The van der Waals surface area contributed by atoms with Crippen LogP contribution in [0, 0.1) is 23.1 Å². The summed E-state index contributed by atoms with van der Waals surface area (Å²) in [6, 6.07) is 8.30. The average molecular weight is 378 g/mol. The third-order valence-corrected chi connectivity index (χ3v) is 5.18. The van der Waals surface area contributed by atoms with Crippen molar-refractivity contribution in [2.75, 3.05) is 23.3 Å². The molecule has 0 bridgehead atoms. The fraction of sp³-hybridized carbons (Fsp3) is 0.300. The van der Waals surface area contributed by atoms with Crippen LogP contribution < -0.4 is 10.2 Å². The molecule has 1 N–H and O–H groups in total. The lowest BCUT2D eigenvalue weighted by atomic mass is 9.94. The number of amides is 1. The molecule has 0 aliphatic carbocycles. The van der Waals surface area contributed by atoms with Crippen molar-refractivity contribution in [2.45, 2.75) is 12.8 Å². The van der Waals surface area contributed by atoms with E-state index in [9.17, 15) is 14.4 Å². The van der Waals surface area contributed by atoms with Gasteiger partial charge in [0.05, 0.1) is 23.0 Å². The van der Waals surface area contributed by atoms with E-state index in [2.05, 4.69) is 26.4 Å². The van der Waals surface area contributed by atoms with Crippen LogP contribution in [0.5, 0.6) is 0 Å². The monoisotopic (exact) mass is 378 g/mol. The normalized spacial score (nSPS) is 14.8. The number of benzene rings is 1. The van der Waals surface area contributed by atoms with Crippen molar-refractivity contribution in [3.05, 3.63) is 48.0 Å². The molecule has 0 radical (unpaired) electrons. The molecule has 8 heteroatoms. The number of nitriles is 1. The number of hydrogen-bond acceptors (Lipinski definition) is 5. The van der Waals surface area contributed by atoms with Crippen LogP contribution in [0.25, 0.3) is 10.9 Å². The zero-order valence-electron chi connectivity index (χ0n) is 15.4. The number of carbonyl (C=O) groups excluding carboxylic acids is 1. The first-order valence-corrected chi connectivity index (χ1v) is 9.09. The van der Waals surface area contributed by atoms with Crippen LogP contribution >= 0.6 is 0 Å². The Kier molecular flexibility index (Phi) is 4.65. The number of aryl methyl sites for hydroxylation is 1. The molecule has 1 aliphatic rings.